The largest absolute Gasteiger partial charge is 0.475 e. The molecule has 0 spiro atoms. The van der Waals surface area contributed by atoms with E-state index < -0.39 is 13.5 Å². The summed E-state index contributed by atoms with van der Waals surface area (Å²) in [5.41, 5.74) is -1.36. The first kappa shape index (κ1) is 11.6. The van der Waals surface area contributed by atoms with E-state index in [9.17, 15) is 4.57 Å². The first-order valence-electron chi connectivity index (χ1n) is 3.54. The standard InChI is InChI=1S/C6H12NO4P/c1-4-6(5-2,7-3)11-12(8,9)10/h4-5H2,1-2H3,(H2,8,9,10). The molecule has 0 aromatic rings. The van der Waals surface area contributed by atoms with Crippen molar-refractivity contribution in [3.05, 3.63) is 11.4 Å². The molecule has 12 heavy (non-hydrogen) atoms. The van der Waals surface area contributed by atoms with Gasteiger partial charge in [0.1, 0.15) is 0 Å². The van der Waals surface area contributed by atoms with Crippen molar-refractivity contribution in [2.75, 3.05) is 0 Å². The predicted octanol–water partition coefficient (Wildman–Crippen LogP) is 1.53. The monoisotopic (exact) mass is 193 g/mol. The van der Waals surface area contributed by atoms with Crippen LogP contribution in [-0.4, -0.2) is 15.5 Å². The molecular weight excluding hydrogens is 181 g/mol. The number of phosphoric acid groups is 1. The van der Waals surface area contributed by atoms with E-state index >= 15 is 0 Å². The molecule has 0 unspecified atom stereocenters. The molecule has 0 fully saturated rings. The number of nitrogens with zero attached hydrogens (tertiary/aromatic N) is 1. The third-order valence-electron chi connectivity index (χ3n) is 1.60. The molecule has 0 aliphatic rings. The van der Waals surface area contributed by atoms with E-state index in [1.807, 2.05) is 0 Å². The molecule has 0 rings (SSSR count). The highest BCUT2D eigenvalue weighted by atomic mass is 31.2. The van der Waals surface area contributed by atoms with Crippen LogP contribution in [0.1, 0.15) is 26.7 Å². The lowest BCUT2D eigenvalue weighted by molar-refractivity contribution is 0.0650. The molecule has 0 atom stereocenters. The second kappa shape index (κ2) is 4.01. The van der Waals surface area contributed by atoms with Gasteiger partial charge in [-0.3, -0.25) is 4.85 Å². The van der Waals surface area contributed by atoms with E-state index in [0.717, 1.165) is 0 Å². The van der Waals surface area contributed by atoms with Gasteiger partial charge in [0.2, 0.25) is 0 Å². The van der Waals surface area contributed by atoms with E-state index in [4.69, 9.17) is 16.4 Å². The van der Waals surface area contributed by atoms with Gasteiger partial charge in [-0.2, -0.15) is 0 Å². The van der Waals surface area contributed by atoms with Crippen LogP contribution in [0.3, 0.4) is 0 Å². The predicted molar refractivity (Wildman–Crippen MR) is 43.0 cm³/mol. The van der Waals surface area contributed by atoms with Crippen LogP contribution in [0.4, 0.5) is 0 Å². The second-order valence-electron chi connectivity index (χ2n) is 2.35. The fourth-order valence-electron chi connectivity index (χ4n) is 0.779. The van der Waals surface area contributed by atoms with Gasteiger partial charge in [-0.15, -0.1) is 0 Å². The first-order chi connectivity index (χ1) is 5.39. The summed E-state index contributed by atoms with van der Waals surface area (Å²) in [6.45, 7) is 10.0. The zero-order chi connectivity index (χ0) is 9.83. The molecule has 0 aromatic carbocycles. The highest BCUT2D eigenvalue weighted by molar-refractivity contribution is 7.46. The molecule has 0 aliphatic carbocycles. The number of rotatable bonds is 4. The Kier molecular flexibility index (Phi) is 3.88. The zero-order valence-corrected chi connectivity index (χ0v) is 7.91. The average molecular weight is 193 g/mol. The Morgan fingerprint density at radius 3 is 2.00 bits per heavy atom. The van der Waals surface area contributed by atoms with E-state index in [-0.39, 0.29) is 12.8 Å². The molecule has 0 aliphatic heterocycles. The maximum absolute atomic E-state index is 10.5. The molecular formula is C6H12NO4P. The fraction of sp³-hybridized carbons (Fsp3) is 0.833. The third kappa shape index (κ3) is 3.33. The van der Waals surface area contributed by atoms with Crippen LogP contribution in [0, 0.1) is 6.57 Å². The summed E-state index contributed by atoms with van der Waals surface area (Å²) in [4.78, 5) is 20.1. The average Bonchev–Trinajstić information content (AvgIpc) is 1.99. The lowest BCUT2D eigenvalue weighted by Gasteiger charge is -2.18. The van der Waals surface area contributed by atoms with Crippen molar-refractivity contribution in [3.8, 4) is 0 Å². The fourth-order valence-corrected chi connectivity index (χ4v) is 1.52. The molecule has 70 valence electrons. The van der Waals surface area contributed by atoms with Gasteiger partial charge in [0.25, 0.3) is 0 Å². The lowest BCUT2D eigenvalue weighted by Crippen LogP contribution is -2.25. The number of phosphoric ester groups is 1. The Balaban J connectivity index is 4.56. The molecule has 2 N–H and O–H groups in total. The van der Waals surface area contributed by atoms with Crippen LogP contribution in [-0.2, 0) is 9.09 Å². The Hall–Kier alpha value is -0.400. The smallest absolute Gasteiger partial charge is 0.302 e. The second-order valence-corrected chi connectivity index (χ2v) is 3.51. The zero-order valence-electron chi connectivity index (χ0n) is 7.02. The van der Waals surface area contributed by atoms with Crippen LogP contribution < -0.4 is 0 Å². The van der Waals surface area contributed by atoms with Crippen molar-refractivity contribution >= 4 is 7.82 Å². The minimum Gasteiger partial charge on any atom is -0.302 e. The number of hydrogen-bond donors (Lipinski definition) is 2. The quantitative estimate of drug-likeness (QED) is 0.524. The summed E-state index contributed by atoms with van der Waals surface area (Å²) in [5.74, 6) is 0. The van der Waals surface area contributed by atoms with Crippen molar-refractivity contribution in [3.63, 3.8) is 0 Å². The SMILES string of the molecule is [C-]#[N+]C(CC)(CC)OP(=O)(O)O. The normalized spacial score (nSPS) is 12.6. The summed E-state index contributed by atoms with van der Waals surface area (Å²) < 4.78 is 14.8. The van der Waals surface area contributed by atoms with Crippen molar-refractivity contribution < 1.29 is 18.9 Å². The van der Waals surface area contributed by atoms with Crippen molar-refractivity contribution in [1.82, 2.24) is 0 Å². The van der Waals surface area contributed by atoms with Gasteiger partial charge in [-0.1, -0.05) is 13.8 Å². The highest BCUT2D eigenvalue weighted by Gasteiger charge is 2.40. The molecule has 6 heteroatoms. The van der Waals surface area contributed by atoms with Crippen LogP contribution in [0.15, 0.2) is 0 Å². The minimum absolute atomic E-state index is 0.262. The summed E-state index contributed by atoms with van der Waals surface area (Å²) in [6.07, 6.45) is 0.524. The molecule has 0 amide bonds. The van der Waals surface area contributed by atoms with Crippen molar-refractivity contribution in [2.45, 2.75) is 32.4 Å². The Morgan fingerprint density at radius 1 is 1.50 bits per heavy atom. The summed E-state index contributed by atoms with van der Waals surface area (Å²) in [6, 6.07) is 0. The van der Waals surface area contributed by atoms with Crippen molar-refractivity contribution in [1.29, 1.82) is 0 Å². The summed E-state index contributed by atoms with van der Waals surface area (Å²) in [5, 5.41) is 0. The minimum atomic E-state index is -4.55. The molecule has 0 aromatic heterocycles. The van der Waals surface area contributed by atoms with E-state index in [2.05, 4.69) is 9.37 Å². The van der Waals surface area contributed by atoms with E-state index in [1.165, 1.54) is 0 Å². The maximum Gasteiger partial charge on any atom is 0.475 e. The van der Waals surface area contributed by atoms with Gasteiger partial charge >= 0.3 is 13.5 Å². The molecule has 0 radical (unpaired) electrons. The lowest BCUT2D eigenvalue weighted by atomic mass is 10.1. The Morgan fingerprint density at radius 2 is 1.92 bits per heavy atom. The van der Waals surface area contributed by atoms with Crippen LogP contribution >= 0.6 is 7.82 Å². The van der Waals surface area contributed by atoms with E-state index in [1.54, 1.807) is 13.8 Å². The van der Waals surface area contributed by atoms with Gasteiger partial charge < -0.3 is 9.79 Å². The number of hydrogen-bond acceptors (Lipinski definition) is 2. The summed E-state index contributed by atoms with van der Waals surface area (Å²) in [7, 11) is -4.55. The van der Waals surface area contributed by atoms with E-state index in [0.29, 0.717) is 0 Å². The topological polar surface area (TPSA) is 71.1 Å². The van der Waals surface area contributed by atoms with Gasteiger partial charge in [-0.25, -0.2) is 15.7 Å². The van der Waals surface area contributed by atoms with Gasteiger partial charge in [0, 0.05) is 0 Å². The molecule has 0 saturated carbocycles. The maximum atomic E-state index is 10.5. The van der Waals surface area contributed by atoms with Crippen LogP contribution in [0.25, 0.3) is 4.85 Å². The summed E-state index contributed by atoms with van der Waals surface area (Å²) >= 11 is 0. The molecule has 0 heterocycles. The van der Waals surface area contributed by atoms with Gasteiger partial charge in [0.15, 0.2) is 0 Å². The molecule has 5 nitrogen and oxygen atoms in total. The van der Waals surface area contributed by atoms with Crippen LogP contribution in [0.2, 0.25) is 0 Å². The Labute approximate surface area is 71.4 Å². The molecule has 0 bridgehead atoms. The Bertz CT molecular complexity index is 224. The van der Waals surface area contributed by atoms with Gasteiger partial charge in [0.05, 0.1) is 12.8 Å². The highest BCUT2D eigenvalue weighted by Crippen LogP contribution is 2.44. The van der Waals surface area contributed by atoms with Gasteiger partial charge in [-0.05, 0) is 0 Å². The molecule has 0 saturated heterocycles. The van der Waals surface area contributed by atoms with Crippen LogP contribution in [0.5, 0.6) is 0 Å². The first-order valence-corrected chi connectivity index (χ1v) is 5.07. The third-order valence-corrected chi connectivity index (χ3v) is 2.18. The van der Waals surface area contributed by atoms with Crippen molar-refractivity contribution in [2.24, 2.45) is 0 Å².